The highest BCUT2D eigenvalue weighted by Crippen LogP contribution is 2.68. The van der Waals surface area contributed by atoms with E-state index in [-0.39, 0.29) is 66.7 Å². The fraction of sp³-hybridized carbons (Fsp3) is 0.294. The number of anilines is 1. The van der Waals surface area contributed by atoms with Crippen molar-refractivity contribution in [1.29, 1.82) is 0 Å². The van der Waals surface area contributed by atoms with E-state index in [4.69, 9.17) is 33.9 Å². The molecule has 4 heterocycles. The summed E-state index contributed by atoms with van der Waals surface area (Å²) in [4.78, 5) is 21.5. The van der Waals surface area contributed by atoms with E-state index in [0.717, 1.165) is 18.4 Å². The van der Waals surface area contributed by atoms with Gasteiger partial charge in [0.15, 0.2) is 5.82 Å². The van der Waals surface area contributed by atoms with Gasteiger partial charge in [-0.2, -0.15) is 19.0 Å². The number of carbonyl (C=O) groups excluding carboxylic acids is 1. The zero-order valence-corrected chi connectivity index (χ0v) is 30.1. The maximum Gasteiger partial charge on any atom is 0.293 e. The minimum atomic E-state index is -3.86. The Bertz CT molecular complexity index is 2660. The van der Waals surface area contributed by atoms with Gasteiger partial charge in [0, 0.05) is 47.8 Å². The molecule has 8 rings (SSSR count). The molecule has 6 aromatic rings. The van der Waals surface area contributed by atoms with Crippen molar-refractivity contribution in [3.05, 3.63) is 92.5 Å². The van der Waals surface area contributed by atoms with Crippen LogP contribution in [0.25, 0.3) is 33.1 Å². The summed E-state index contributed by atoms with van der Waals surface area (Å²) in [6.07, 6.45) is -1.52. The number of halogens is 8. The quantitative estimate of drug-likeness (QED) is 0.122. The van der Waals surface area contributed by atoms with E-state index in [1.165, 1.54) is 30.1 Å². The van der Waals surface area contributed by atoms with Crippen LogP contribution in [-0.2, 0) is 34.2 Å². The molecule has 0 aliphatic heterocycles. The van der Waals surface area contributed by atoms with Gasteiger partial charge in [-0.25, -0.2) is 35.6 Å². The maximum atomic E-state index is 16.0. The number of rotatable bonds is 10. The Hall–Kier alpha value is -4.81. The molecule has 1 fully saturated rings. The first-order valence-corrected chi connectivity index (χ1v) is 18.8. The fourth-order valence-electron chi connectivity index (χ4n) is 7.81. The Kier molecular flexibility index (Phi) is 8.28. The lowest BCUT2D eigenvalue weighted by molar-refractivity contribution is -0.122. The molecule has 0 radical (unpaired) electrons. The Balaban J connectivity index is 1.45. The molecule has 20 heteroatoms. The summed E-state index contributed by atoms with van der Waals surface area (Å²) in [5, 5.41) is 8.56. The third-order valence-electron chi connectivity index (χ3n) is 9.93. The van der Waals surface area contributed by atoms with E-state index in [0.29, 0.717) is 16.3 Å². The molecule has 4 N–H and O–H groups in total. The first kappa shape index (κ1) is 36.2. The van der Waals surface area contributed by atoms with Crippen LogP contribution >= 0.6 is 23.2 Å². The summed E-state index contributed by atoms with van der Waals surface area (Å²) in [5.74, 6) is -10.8. The third-order valence-corrected chi connectivity index (χ3v) is 11.1. The highest BCUT2D eigenvalue weighted by atomic mass is 35.5. The molecule has 2 aliphatic rings. The molecule has 1 saturated carbocycles. The van der Waals surface area contributed by atoms with Crippen LogP contribution in [0.3, 0.4) is 0 Å². The monoisotopic (exact) mass is 810 g/mol. The fourth-order valence-corrected chi connectivity index (χ4v) is 8.75. The molecule has 4 atom stereocenters. The van der Waals surface area contributed by atoms with Gasteiger partial charge in [-0.3, -0.25) is 14.2 Å². The van der Waals surface area contributed by atoms with Crippen molar-refractivity contribution in [2.75, 3.05) is 11.0 Å². The lowest BCUT2D eigenvalue weighted by atomic mass is 9.84. The zero-order valence-electron chi connectivity index (χ0n) is 27.8. The average molecular weight is 812 g/mol. The number of benzene rings is 2. The first-order chi connectivity index (χ1) is 25.4. The van der Waals surface area contributed by atoms with Crippen LogP contribution in [0, 0.1) is 17.6 Å². The number of aromatic nitrogens is 6. The van der Waals surface area contributed by atoms with Crippen LogP contribution in [0.2, 0.25) is 10.0 Å². The lowest BCUT2D eigenvalue weighted by Crippen LogP contribution is -2.37. The number of amides is 1. The number of alkyl halides is 4. The van der Waals surface area contributed by atoms with E-state index in [2.05, 4.69) is 19.9 Å². The van der Waals surface area contributed by atoms with Gasteiger partial charge in [0.25, 0.3) is 12.3 Å². The normalized spacial score (nSPS) is 18.6. The summed E-state index contributed by atoms with van der Waals surface area (Å²) in [5.41, 5.74) is 4.83. The van der Waals surface area contributed by atoms with Gasteiger partial charge in [-0.1, -0.05) is 29.3 Å². The van der Waals surface area contributed by atoms with Crippen LogP contribution in [0.1, 0.15) is 58.9 Å². The topological polar surface area (TPSA) is 154 Å². The van der Waals surface area contributed by atoms with Crippen LogP contribution < -0.4 is 10.5 Å². The van der Waals surface area contributed by atoms with Crippen molar-refractivity contribution in [1.82, 2.24) is 29.5 Å². The molecule has 1 unspecified atom stereocenters. The van der Waals surface area contributed by atoms with Gasteiger partial charge < -0.3 is 10.7 Å². The predicted molar refractivity (Wildman–Crippen MR) is 187 cm³/mol. The minimum Gasteiger partial charge on any atom is -0.368 e. The van der Waals surface area contributed by atoms with Crippen molar-refractivity contribution in [2.24, 2.45) is 18.7 Å². The van der Waals surface area contributed by atoms with Gasteiger partial charge >= 0.3 is 0 Å². The molecule has 2 aromatic carbocycles. The van der Waals surface area contributed by atoms with Crippen LogP contribution in [-0.4, -0.2) is 50.1 Å². The number of fused-ring (bicyclic) bond motifs is 5. The Morgan fingerprint density at radius 1 is 1.07 bits per heavy atom. The number of pyridine rings is 1. The summed E-state index contributed by atoms with van der Waals surface area (Å²) >= 11 is 13.1. The highest BCUT2D eigenvalue weighted by Gasteiger charge is 2.67. The Morgan fingerprint density at radius 2 is 1.78 bits per heavy atom. The van der Waals surface area contributed by atoms with Gasteiger partial charge in [-0.05, 0) is 48.6 Å². The summed E-state index contributed by atoms with van der Waals surface area (Å²) in [6, 6.07) is 5.07. The molecule has 1 amide bonds. The number of carbonyl (C=O) groups is 1. The predicted octanol–water partition coefficient (Wildman–Crippen LogP) is 7.47. The molecular weight excluding hydrogens is 785 g/mol. The molecule has 0 bridgehead atoms. The molecule has 2 aliphatic carbocycles. The molecule has 4 aromatic heterocycles. The number of primary amides is 1. The van der Waals surface area contributed by atoms with Gasteiger partial charge in [0.05, 0.1) is 38.4 Å². The molecule has 11 nitrogen and oxygen atoms in total. The molecular formula is C34H26Cl2F6N8O3S. The maximum absolute atomic E-state index is 16.0. The summed E-state index contributed by atoms with van der Waals surface area (Å²) in [7, 11) is -2.37. The van der Waals surface area contributed by atoms with Crippen LogP contribution in [0.15, 0.2) is 42.6 Å². The van der Waals surface area contributed by atoms with Gasteiger partial charge in [-0.15, -0.1) is 0 Å². The highest BCUT2D eigenvalue weighted by molar-refractivity contribution is 7.92. The largest absolute Gasteiger partial charge is 0.368 e. The Morgan fingerprint density at radius 3 is 2.43 bits per heavy atom. The zero-order chi connectivity index (χ0) is 38.8. The first-order valence-electron chi connectivity index (χ1n) is 16.2. The van der Waals surface area contributed by atoms with Crippen molar-refractivity contribution >= 4 is 66.9 Å². The van der Waals surface area contributed by atoms with Gasteiger partial charge in [0.2, 0.25) is 15.9 Å². The lowest BCUT2D eigenvalue weighted by Gasteiger charge is -2.29. The van der Waals surface area contributed by atoms with Crippen molar-refractivity contribution in [3.8, 4) is 11.1 Å². The molecule has 0 saturated heterocycles. The second-order valence-corrected chi connectivity index (χ2v) is 16.1. The Labute approximate surface area is 311 Å². The third kappa shape index (κ3) is 5.76. The second-order valence-electron chi connectivity index (χ2n) is 13.5. The number of aromatic amines is 1. The number of nitrogens with zero attached hydrogens (tertiary/aromatic N) is 5. The minimum absolute atomic E-state index is 0.0551. The molecule has 282 valence electrons. The molecule has 54 heavy (non-hydrogen) atoms. The van der Waals surface area contributed by atoms with E-state index >= 15 is 8.78 Å². The standard InChI is InChI=1S/C34H26Cl2F6N8O3S/c1-49-28-15(3-4-20(35)24(28)33(47-49)48-54(2,52)53)16-10-22-26(21(36)11-44-22)45-25(16)18(7-12-5-13(37)8-14(38)6-12)29(32(43)51)50-30-23(27(46-50)31(39)40)17-9-19(17)34(30,41)42/h3-6,8,10-11,17-19,29,31,44H,7,9H2,1-2H3,(H2,43,51)(H,47,48)/t17-,18+,19+,29?/m0/s1. The van der Waals surface area contributed by atoms with Crippen molar-refractivity contribution in [3.63, 3.8) is 0 Å². The van der Waals surface area contributed by atoms with E-state index in [1.54, 1.807) is 6.07 Å². The van der Waals surface area contributed by atoms with Crippen molar-refractivity contribution < 1.29 is 39.6 Å². The van der Waals surface area contributed by atoms with E-state index < -0.39 is 81.5 Å². The van der Waals surface area contributed by atoms with E-state index in [9.17, 15) is 30.8 Å². The SMILES string of the molecule is Cn1nc(NS(C)(=O)=O)c2c(Cl)ccc(-c3cc4[nH]cc(Cl)c4nc3[C@@H](Cc3cc(F)cc(F)c3)C(C(N)=O)n3nc(C(F)F)c4c3C(F)(F)[C@@H]3C[C@H]43)c21. The van der Waals surface area contributed by atoms with Crippen molar-refractivity contribution in [2.45, 2.75) is 43.1 Å². The van der Waals surface area contributed by atoms with Gasteiger partial charge in [0.1, 0.15) is 34.6 Å². The van der Waals surface area contributed by atoms with E-state index in [1.807, 2.05) is 0 Å². The number of H-pyrrole nitrogens is 1. The smallest absolute Gasteiger partial charge is 0.293 e. The number of aryl methyl sites for hydroxylation is 1. The number of hydrogen-bond donors (Lipinski definition) is 3. The number of hydrogen-bond acceptors (Lipinski definition) is 6. The average Bonchev–Trinajstić information content (AvgIpc) is 3.38. The van der Waals surface area contributed by atoms with Crippen LogP contribution in [0.5, 0.6) is 0 Å². The number of nitrogens with two attached hydrogens (primary N) is 1. The molecule has 0 spiro atoms. The number of sulfonamides is 1. The summed E-state index contributed by atoms with van der Waals surface area (Å²) < 4.78 is 119. The van der Waals surface area contributed by atoms with Crippen LogP contribution in [0.4, 0.5) is 32.2 Å². The number of nitrogens with one attached hydrogen (secondary N) is 2. The summed E-state index contributed by atoms with van der Waals surface area (Å²) in [6.45, 7) is 0. The second kappa shape index (κ2) is 12.4.